The number of rotatable bonds is 7. The minimum Gasteiger partial charge on any atom is -0.301 e. The van der Waals surface area contributed by atoms with Gasteiger partial charge in [-0.2, -0.15) is 0 Å². The average molecular weight is 324 g/mol. The summed E-state index contributed by atoms with van der Waals surface area (Å²) in [5.41, 5.74) is 1.37. The largest absolute Gasteiger partial charge is 0.301 e. The molecule has 1 aromatic rings. The van der Waals surface area contributed by atoms with E-state index in [-0.39, 0.29) is 6.04 Å². The highest BCUT2D eigenvalue weighted by molar-refractivity contribution is 7.88. The van der Waals surface area contributed by atoms with Gasteiger partial charge in [-0.25, -0.2) is 13.1 Å². The van der Waals surface area contributed by atoms with Crippen molar-refractivity contribution in [3.63, 3.8) is 0 Å². The smallest absolute Gasteiger partial charge is 0.209 e. The normalized spacial score (nSPS) is 23.3. The molecule has 0 amide bonds. The van der Waals surface area contributed by atoms with Crippen LogP contribution in [0.4, 0.5) is 0 Å². The molecule has 0 radical (unpaired) electrons. The summed E-state index contributed by atoms with van der Waals surface area (Å²) in [6.45, 7) is 7.19. The first-order chi connectivity index (χ1) is 10.3. The predicted octanol–water partition coefficient (Wildman–Crippen LogP) is 2.12. The number of sulfonamides is 1. The van der Waals surface area contributed by atoms with E-state index in [1.54, 1.807) is 0 Å². The lowest BCUT2D eigenvalue weighted by Crippen LogP contribution is -2.41. The molecule has 2 atom stereocenters. The van der Waals surface area contributed by atoms with Crippen molar-refractivity contribution in [1.82, 2.24) is 9.62 Å². The van der Waals surface area contributed by atoms with Crippen molar-refractivity contribution in [2.45, 2.75) is 32.7 Å². The topological polar surface area (TPSA) is 49.4 Å². The van der Waals surface area contributed by atoms with E-state index < -0.39 is 10.0 Å². The van der Waals surface area contributed by atoms with E-state index in [0.29, 0.717) is 11.8 Å². The third-order valence-corrected chi connectivity index (χ3v) is 5.18. The van der Waals surface area contributed by atoms with Gasteiger partial charge < -0.3 is 4.90 Å². The number of likely N-dealkylation sites (tertiary alicyclic amines) is 1. The first kappa shape index (κ1) is 17.4. The molecule has 0 unspecified atom stereocenters. The Morgan fingerprint density at radius 3 is 2.50 bits per heavy atom. The van der Waals surface area contributed by atoms with Crippen molar-refractivity contribution in [3.8, 4) is 0 Å². The van der Waals surface area contributed by atoms with Crippen LogP contribution in [0.5, 0.6) is 0 Å². The molecule has 1 fully saturated rings. The first-order valence-electron chi connectivity index (χ1n) is 8.09. The number of hydrogen-bond donors (Lipinski definition) is 1. The monoisotopic (exact) mass is 324 g/mol. The predicted molar refractivity (Wildman–Crippen MR) is 91.3 cm³/mol. The number of hydrogen-bond acceptors (Lipinski definition) is 3. The molecule has 0 spiro atoms. The zero-order valence-electron chi connectivity index (χ0n) is 13.8. The Morgan fingerprint density at radius 2 is 1.91 bits per heavy atom. The highest BCUT2D eigenvalue weighted by Crippen LogP contribution is 2.25. The van der Waals surface area contributed by atoms with Crippen LogP contribution in [0.3, 0.4) is 0 Å². The van der Waals surface area contributed by atoms with Crippen molar-refractivity contribution < 1.29 is 8.42 Å². The lowest BCUT2D eigenvalue weighted by atomic mass is 9.92. The quantitative estimate of drug-likeness (QED) is 0.836. The molecule has 22 heavy (non-hydrogen) atoms. The second-order valence-corrected chi connectivity index (χ2v) is 8.53. The minimum absolute atomic E-state index is 0.0479. The molecule has 1 heterocycles. The second-order valence-electron chi connectivity index (χ2n) is 6.75. The van der Waals surface area contributed by atoms with Gasteiger partial charge in [0.15, 0.2) is 0 Å². The van der Waals surface area contributed by atoms with Crippen LogP contribution in [0.25, 0.3) is 0 Å². The van der Waals surface area contributed by atoms with Crippen molar-refractivity contribution >= 4 is 10.0 Å². The fraction of sp³-hybridized carbons (Fsp3) is 0.647. The van der Waals surface area contributed by atoms with Gasteiger partial charge in [0.1, 0.15) is 0 Å². The lowest BCUT2D eigenvalue weighted by molar-refractivity contribution is 0.299. The van der Waals surface area contributed by atoms with Gasteiger partial charge in [0.25, 0.3) is 0 Å². The molecule has 5 heteroatoms. The summed E-state index contributed by atoms with van der Waals surface area (Å²) in [6, 6.07) is 10.6. The van der Waals surface area contributed by atoms with Crippen molar-refractivity contribution in [2.24, 2.45) is 11.8 Å². The van der Waals surface area contributed by atoms with E-state index >= 15 is 0 Å². The Balaban J connectivity index is 1.85. The molecule has 0 bridgehead atoms. The summed E-state index contributed by atoms with van der Waals surface area (Å²) in [5, 5.41) is 0. The SMILES string of the molecule is CC(C)[C@@H]1CN(CCCc2ccccc2)C[C@H]1NS(C)(=O)=O. The summed E-state index contributed by atoms with van der Waals surface area (Å²) in [4.78, 5) is 2.40. The van der Waals surface area contributed by atoms with Crippen LogP contribution in [-0.2, 0) is 16.4 Å². The Labute approximate surface area is 135 Å². The van der Waals surface area contributed by atoms with E-state index in [1.165, 1.54) is 11.8 Å². The van der Waals surface area contributed by atoms with Crippen molar-refractivity contribution in [3.05, 3.63) is 35.9 Å². The third kappa shape index (κ3) is 5.38. The van der Waals surface area contributed by atoms with Crippen LogP contribution >= 0.6 is 0 Å². The highest BCUT2D eigenvalue weighted by Gasteiger charge is 2.35. The number of nitrogens with zero attached hydrogens (tertiary/aromatic N) is 1. The maximum atomic E-state index is 11.5. The van der Waals surface area contributed by atoms with Gasteiger partial charge in [0.05, 0.1) is 6.26 Å². The second kappa shape index (κ2) is 7.57. The van der Waals surface area contributed by atoms with Crippen molar-refractivity contribution in [2.75, 3.05) is 25.9 Å². The van der Waals surface area contributed by atoms with Crippen molar-refractivity contribution in [1.29, 1.82) is 0 Å². The number of nitrogens with one attached hydrogen (secondary N) is 1. The summed E-state index contributed by atoms with van der Waals surface area (Å²) in [6.07, 6.45) is 3.44. The summed E-state index contributed by atoms with van der Waals surface area (Å²) in [7, 11) is -3.14. The van der Waals surface area contributed by atoms with E-state index in [1.807, 2.05) is 6.07 Å². The lowest BCUT2D eigenvalue weighted by Gasteiger charge is -2.21. The van der Waals surface area contributed by atoms with Crippen LogP contribution in [0.15, 0.2) is 30.3 Å². The minimum atomic E-state index is -3.14. The van der Waals surface area contributed by atoms with E-state index in [0.717, 1.165) is 32.5 Å². The van der Waals surface area contributed by atoms with Crippen LogP contribution in [-0.4, -0.2) is 45.2 Å². The molecule has 0 aliphatic carbocycles. The summed E-state index contributed by atoms with van der Waals surface area (Å²) < 4.78 is 25.9. The van der Waals surface area contributed by atoms with Gasteiger partial charge in [-0.05, 0) is 36.8 Å². The Hall–Kier alpha value is -0.910. The maximum Gasteiger partial charge on any atom is 0.209 e. The molecule has 4 nitrogen and oxygen atoms in total. The van der Waals surface area contributed by atoms with E-state index in [4.69, 9.17) is 0 Å². The summed E-state index contributed by atoms with van der Waals surface area (Å²) in [5.74, 6) is 0.879. The Morgan fingerprint density at radius 1 is 1.23 bits per heavy atom. The van der Waals surface area contributed by atoms with Gasteiger partial charge in [0, 0.05) is 19.1 Å². The van der Waals surface area contributed by atoms with E-state index in [2.05, 4.69) is 47.7 Å². The van der Waals surface area contributed by atoms with Gasteiger partial charge >= 0.3 is 0 Å². The highest BCUT2D eigenvalue weighted by atomic mass is 32.2. The first-order valence-corrected chi connectivity index (χ1v) is 9.98. The molecular weight excluding hydrogens is 296 g/mol. The third-order valence-electron chi connectivity index (χ3n) is 4.45. The fourth-order valence-electron chi connectivity index (χ4n) is 3.32. The van der Waals surface area contributed by atoms with Gasteiger partial charge in [0.2, 0.25) is 10.0 Å². The molecule has 2 rings (SSSR count). The standard InChI is InChI=1S/C17H28N2O2S/c1-14(2)16-12-19(13-17(16)18-22(3,20)21)11-7-10-15-8-5-4-6-9-15/h4-6,8-9,14,16-18H,7,10-13H2,1-3H3/t16-,17+/m0/s1. The molecule has 1 aliphatic heterocycles. The Bertz CT molecular complexity index is 557. The average Bonchev–Trinajstić information content (AvgIpc) is 2.81. The maximum absolute atomic E-state index is 11.5. The van der Waals surface area contributed by atoms with E-state index in [9.17, 15) is 8.42 Å². The fourth-order valence-corrected chi connectivity index (χ4v) is 4.12. The molecule has 1 aliphatic rings. The van der Waals surface area contributed by atoms with Gasteiger partial charge in [-0.3, -0.25) is 0 Å². The van der Waals surface area contributed by atoms with Gasteiger partial charge in [-0.15, -0.1) is 0 Å². The van der Waals surface area contributed by atoms with Crippen LogP contribution in [0, 0.1) is 11.8 Å². The van der Waals surface area contributed by atoms with Crippen LogP contribution < -0.4 is 4.72 Å². The molecule has 1 aromatic carbocycles. The number of aryl methyl sites for hydroxylation is 1. The molecule has 0 aromatic heterocycles. The zero-order chi connectivity index (χ0) is 16.2. The molecule has 124 valence electrons. The van der Waals surface area contributed by atoms with Crippen LogP contribution in [0.1, 0.15) is 25.8 Å². The molecule has 1 N–H and O–H groups in total. The molecule has 0 saturated carbocycles. The van der Waals surface area contributed by atoms with Crippen LogP contribution in [0.2, 0.25) is 0 Å². The Kier molecular flexibility index (Phi) is 6.01. The zero-order valence-corrected chi connectivity index (χ0v) is 14.6. The molecule has 1 saturated heterocycles. The van der Waals surface area contributed by atoms with Gasteiger partial charge in [-0.1, -0.05) is 44.2 Å². The molecular formula is C17H28N2O2S. The summed E-state index contributed by atoms with van der Waals surface area (Å²) >= 11 is 0. The number of benzene rings is 1.